The van der Waals surface area contributed by atoms with Crippen LogP contribution in [-0.2, 0) is 4.79 Å². The summed E-state index contributed by atoms with van der Waals surface area (Å²) >= 11 is 0. The van der Waals surface area contributed by atoms with Gasteiger partial charge in [-0.1, -0.05) is 29.8 Å². The third kappa shape index (κ3) is 5.07. The van der Waals surface area contributed by atoms with E-state index in [1.54, 1.807) is 7.05 Å². The Balaban J connectivity index is 0.00000225. The summed E-state index contributed by atoms with van der Waals surface area (Å²) in [5, 5.41) is 13.5. The van der Waals surface area contributed by atoms with Crippen molar-refractivity contribution in [3.63, 3.8) is 0 Å². The van der Waals surface area contributed by atoms with Crippen LogP contribution in [0.3, 0.4) is 0 Å². The van der Waals surface area contributed by atoms with Gasteiger partial charge in [0.2, 0.25) is 5.91 Å². The van der Waals surface area contributed by atoms with Crippen LogP contribution >= 0.6 is 24.0 Å². The Kier molecular flexibility index (Phi) is 7.06. The lowest BCUT2D eigenvalue weighted by Gasteiger charge is -2.36. The molecule has 138 valence electrons. The summed E-state index contributed by atoms with van der Waals surface area (Å²) in [6.07, 6.45) is 1.67. The Morgan fingerprint density at radius 2 is 2.00 bits per heavy atom. The highest BCUT2D eigenvalue weighted by Crippen LogP contribution is 2.28. The number of carbonyl (C=O) groups excluding carboxylic acids is 1. The molecule has 1 unspecified atom stereocenters. The van der Waals surface area contributed by atoms with E-state index in [4.69, 9.17) is 0 Å². The van der Waals surface area contributed by atoms with E-state index in [0.29, 0.717) is 25.1 Å². The van der Waals surface area contributed by atoms with Gasteiger partial charge in [0.1, 0.15) is 0 Å². The Bertz CT molecular complexity index is 616. The van der Waals surface area contributed by atoms with Gasteiger partial charge < -0.3 is 20.2 Å². The second-order valence-electron chi connectivity index (χ2n) is 6.59. The number of amides is 1. The monoisotopic (exact) mass is 458 g/mol. The van der Waals surface area contributed by atoms with Crippen LogP contribution in [0.2, 0.25) is 0 Å². The van der Waals surface area contributed by atoms with Gasteiger partial charge >= 0.3 is 0 Å². The topological polar surface area (TPSA) is 68.2 Å². The van der Waals surface area contributed by atoms with Crippen molar-refractivity contribution in [2.24, 2.45) is 4.99 Å². The van der Waals surface area contributed by atoms with Crippen LogP contribution in [0, 0.1) is 6.92 Å². The number of guanidine groups is 1. The molecule has 3 rings (SSSR count). The van der Waals surface area contributed by atoms with Crippen LogP contribution in [0.4, 0.5) is 0 Å². The fraction of sp³-hybridized carbons (Fsp3) is 0.556. The zero-order chi connectivity index (χ0) is 17.1. The number of halogens is 1. The number of benzene rings is 1. The molecule has 0 radical (unpaired) electrons. The normalized spacial score (nSPS) is 19.5. The van der Waals surface area contributed by atoms with Crippen LogP contribution in [0.1, 0.15) is 30.1 Å². The van der Waals surface area contributed by atoms with E-state index in [0.717, 1.165) is 31.5 Å². The SMILES string of the molecule is CN=C(NCC(O)c1ccc(C)cc1)N1CCN(C2CC2)C(=O)C1.I. The quantitative estimate of drug-likeness (QED) is 0.408. The molecule has 1 aliphatic heterocycles. The van der Waals surface area contributed by atoms with Gasteiger partial charge in [0, 0.05) is 32.7 Å². The van der Waals surface area contributed by atoms with Gasteiger partial charge in [0.05, 0.1) is 12.6 Å². The molecular weight excluding hydrogens is 431 g/mol. The van der Waals surface area contributed by atoms with E-state index in [1.165, 1.54) is 5.56 Å². The molecule has 6 nitrogen and oxygen atoms in total. The molecule has 2 N–H and O–H groups in total. The van der Waals surface area contributed by atoms with Crippen molar-refractivity contribution in [3.05, 3.63) is 35.4 Å². The summed E-state index contributed by atoms with van der Waals surface area (Å²) in [7, 11) is 1.71. The fourth-order valence-electron chi connectivity index (χ4n) is 3.07. The highest BCUT2D eigenvalue weighted by molar-refractivity contribution is 14.0. The second-order valence-corrected chi connectivity index (χ2v) is 6.59. The van der Waals surface area contributed by atoms with Gasteiger partial charge in [-0.25, -0.2) is 0 Å². The summed E-state index contributed by atoms with van der Waals surface area (Å²) in [4.78, 5) is 20.5. The van der Waals surface area contributed by atoms with E-state index >= 15 is 0 Å². The molecule has 1 aromatic rings. The number of piperazine rings is 1. The minimum Gasteiger partial charge on any atom is -0.387 e. The molecule has 0 bridgehead atoms. The number of rotatable bonds is 4. The number of carbonyl (C=O) groups is 1. The van der Waals surface area contributed by atoms with Crippen LogP contribution in [0.25, 0.3) is 0 Å². The van der Waals surface area contributed by atoms with E-state index in [-0.39, 0.29) is 29.9 Å². The molecular formula is C18H27IN4O2. The molecule has 2 fully saturated rings. The molecule has 1 heterocycles. The first kappa shape index (κ1) is 20.0. The molecule has 1 amide bonds. The minimum atomic E-state index is -0.606. The van der Waals surface area contributed by atoms with Crippen molar-refractivity contribution in [1.82, 2.24) is 15.1 Å². The van der Waals surface area contributed by atoms with Gasteiger partial charge in [-0.15, -0.1) is 24.0 Å². The molecule has 1 aromatic carbocycles. The van der Waals surface area contributed by atoms with Gasteiger partial charge in [-0.3, -0.25) is 9.79 Å². The van der Waals surface area contributed by atoms with Crippen LogP contribution in [0.5, 0.6) is 0 Å². The van der Waals surface area contributed by atoms with Crippen molar-refractivity contribution in [1.29, 1.82) is 0 Å². The van der Waals surface area contributed by atoms with Crippen LogP contribution in [0.15, 0.2) is 29.3 Å². The molecule has 25 heavy (non-hydrogen) atoms. The number of nitrogens with zero attached hydrogens (tertiary/aromatic N) is 3. The summed E-state index contributed by atoms with van der Waals surface area (Å²) in [6.45, 7) is 4.28. The maximum Gasteiger partial charge on any atom is 0.242 e. The lowest BCUT2D eigenvalue weighted by molar-refractivity contribution is -0.135. The van der Waals surface area contributed by atoms with E-state index < -0.39 is 6.10 Å². The Morgan fingerprint density at radius 3 is 2.56 bits per heavy atom. The molecule has 1 saturated heterocycles. The number of aliphatic hydroxyl groups is 1. The molecule has 1 atom stereocenters. The highest BCUT2D eigenvalue weighted by Gasteiger charge is 2.36. The number of aliphatic imine (C=N–C) groups is 1. The minimum absolute atomic E-state index is 0. The highest BCUT2D eigenvalue weighted by atomic mass is 127. The number of aryl methyl sites for hydroxylation is 1. The van der Waals surface area contributed by atoms with Crippen LogP contribution in [-0.4, -0.2) is 66.0 Å². The van der Waals surface area contributed by atoms with Crippen LogP contribution < -0.4 is 5.32 Å². The zero-order valence-corrected chi connectivity index (χ0v) is 17.1. The Hall–Kier alpha value is -1.35. The van der Waals surface area contributed by atoms with E-state index in [1.807, 2.05) is 41.0 Å². The molecule has 0 aromatic heterocycles. The lowest BCUT2D eigenvalue weighted by atomic mass is 10.1. The fourth-order valence-corrected chi connectivity index (χ4v) is 3.07. The second kappa shape index (κ2) is 8.84. The predicted octanol–water partition coefficient (Wildman–Crippen LogP) is 1.53. The summed E-state index contributed by atoms with van der Waals surface area (Å²) in [5.74, 6) is 0.843. The summed E-state index contributed by atoms with van der Waals surface area (Å²) in [5.41, 5.74) is 2.04. The number of hydrogen-bond acceptors (Lipinski definition) is 3. The van der Waals surface area contributed by atoms with Gasteiger partial charge in [0.15, 0.2) is 5.96 Å². The van der Waals surface area contributed by atoms with E-state index in [9.17, 15) is 9.90 Å². The van der Waals surface area contributed by atoms with Crippen molar-refractivity contribution in [2.45, 2.75) is 31.9 Å². The van der Waals surface area contributed by atoms with Gasteiger partial charge in [-0.05, 0) is 25.3 Å². The summed E-state index contributed by atoms with van der Waals surface area (Å²) < 4.78 is 0. The number of nitrogens with one attached hydrogen (secondary N) is 1. The molecule has 7 heteroatoms. The smallest absolute Gasteiger partial charge is 0.242 e. The largest absolute Gasteiger partial charge is 0.387 e. The third-order valence-corrected chi connectivity index (χ3v) is 4.67. The maximum atomic E-state index is 12.3. The predicted molar refractivity (Wildman–Crippen MR) is 109 cm³/mol. The number of aliphatic hydroxyl groups excluding tert-OH is 1. The average molecular weight is 458 g/mol. The molecule has 0 spiro atoms. The summed E-state index contributed by atoms with van der Waals surface area (Å²) in [6, 6.07) is 8.31. The number of hydrogen-bond donors (Lipinski definition) is 2. The first-order chi connectivity index (χ1) is 11.6. The Labute approximate surface area is 166 Å². The molecule has 2 aliphatic rings. The third-order valence-electron chi connectivity index (χ3n) is 4.67. The van der Waals surface area contributed by atoms with Gasteiger partial charge in [0.25, 0.3) is 0 Å². The van der Waals surface area contributed by atoms with Gasteiger partial charge in [-0.2, -0.15) is 0 Å². The standard InChI is InChI=1S/C18H26N4O2.HI/c1-13-3-5-14(6-4-13)16(23)11-20-18(19-2)21-9-10-22(15-7-8-15)17(24)12-21;/h3-6,15-16,23H,7-12H2,1-2H3,(H,19,20);1H. The molecule has 1 aliphatic carbocycles. The van der Waals surface area contributed by atoms with Crippen molar-refractivity contribution >= 4 is 35.8 Å². The Morgan fingerprint density at radius 1 is 1.32 bits per heavy atom. The lowest BCUT2D eigenvalue weighted by Crippen LogP contribution is -2.56. The maximum absolute atomic E-state index is 12.3. The first-order valence-electron chi connectivity index (χ1n) is 8.58. The van der Waals surface area contributed by atoms with Crippen molar-refractivity contribution in [2.75, 3.05) is 33.2 Å². The average Bonchev–Trinajstić information content (AvgIpc) is 3.41. The zero-order valence-electron chi connectivity index (χ0n) is 14.8. The van der Waals surface area contributed by atoms with Crippen molar-refractivity contribution < 1.29 is 9.90 Å². The van der Waals surface area contributed by atoms with E-state index in [2.05, 4.69) is 10.3 Å². The van der Waals surface area contributed by atoms with Crippen molar-refractivity contribution in [3.8, 4) is 0 Å². The first-order valence-corrected chi connectivity index (χ1v) is 8.58. The molecule has 1 saturated carbocycles.